The van der Waals surface area contributed by atoms with Crippen LogP contribution in [0.15, 0.2) is 0 Å². The predicted octanol–water partition coefficient (Wildman–Crippen LogP) is 1.78. The molecule has 6 heteroatoms. The van der Waals surface area contributed by atoms with Crippen LogP contribution in [-0.2, 0) is 7.05 Å². The molecule has 0 saturated heterocycles. The zero-order valence-electron chi connectivity index (χ0n) is 12.1. The van der Waals surface area contributed by atoms with Gasteiger partial charge < -0.3 is 15.5 Å². The van der Waals surface area contributed by atoms with Gasteiger partial charge in [0.15, 0.2) is 0 Å². The number of aryl methyl sites for hydroxylation is 2. The van der Waals surface area contributed by atoms with E-state index in [1.54, 1.807) is 18.7 Å². The van der Waals surface area contributed by atoms with Gasteiger partial charge in [0.05, 0.1) is 12.3 Å². The van der Waals surface area contributed by atoms with Crippen LogP contribution in [0.2, 0.25) is 0 Å². The lowest BCUT2D eigenvalue weighted by Gasteiger charge is -2.36. The Bertz CT molecular complexity index is 490. The molecule has 1 fully saturated rings. The molecule has 0 unspecified atom stereocenters. The van der Waals surface area contributed by atoms with Crippen molar-refractivity contribution in [3.8, 4) is 0 Å². The van der Waals surface area contributed by atoms with E-state index in [2.05, 4.69) is 10.4 Å². The molecule has 6 nitrogen and oxygen atoms in total. The van der Waals surface area contributed by atoms with Gasteiger partial charge in [-0.2, -0.15) is 5.10 Å². The fourth-order valence-electron chi connectivity index (χ4n) is 3.08. The van der Waals surface area contributed by atoms with Crippen molar-refractivity contribution < 1.29 is 15.0 Å². The van der Waals surface area contributed by atoms with Gasteiger partial charge in [0.25, 0.3) is 0 Å². The van der Waals surface area contributed by atoms with Crippen LogP contribution < -0.4 is 5.32 Å². The molecule has 1 heterocycles. The molecule has 20 heavy (non-hydrogen) atoms. The lowest BCUT2D eigenvalue weighted by atomic mass is 9.74. The van der Waals surface area contributed by atoms with E-state index in [1.165, 1.54) is 6.42 Å². The maximum atomic E-state index is 11.3. The number of carbonyl (C=O) groups is 1. The van der Waals surface area contributed by atoms with E-state index in [0.717, 1.165) is 25.7 Å². The van der Waals surface area contributed by atoms with Gasteiger partial charge in [0.1, 0.15) is 11.4 Å². The number of rotatable bonds is 5. The molecule has 1 aliphatic carbocycles. The van der Waals surface area contributed by atoms with Gasteiger partial charge in [0, 0.05) is 19.0 Å². The number of aromatic carboxylic acids is 1. The Morgan fingerprint density at radius 3 is 2.60 bits per heavy atom. The second-order valence-corrected chi connectivity index (χ2v) is 5.81. The molecule has 112 valence electrons. The zero-order chi connectivity index (χ0) is 14.8. The first kappa shape index (κ1) is 14.8. The molecule has 1 aromatic heterocycles. The molecule has 1 aliphatic rings. The average molecular weight is 281 g/mol. The Hall–Kier alpha value is -1.56. The summed E-state index contributed by atoms with van der Waals surface area (Å²) in [6.45, 7) is 2.42. The fourth-order valence-corrected chi connectivity index (χ4v) is 3.08. The number of nitrogens with zero attached hydrogens (tertiary/aromatic N) is 2. The summed E-state index contributed by atoms with van der Waals surface area (Å²) in [5, 5.41) is 26.3. The standard InChI is InChI=1S/C14H23N3O3/c1-10-11(13(19)20)12(17(2)16-10)15-8-14(9-18)6-4-3-5-7-14/h15,18H,3-9H2,1-2H3,(H,19,20). The zero-order valence-corrected chi connectivity index (χ0v) is 12.1. The number of aliphatic hydroxyl groups is 1. The molecular formula is C14H23N3O3. The minimum absolute atomic E-state index is 0.133. The highest BCUT2D eigenvalue weighted by Crippen LogP contribution is 2.36. The third kappa shape index (κ3) is 2.80. The van der Waals surface area contributed by atoms with E-state index in [9.17, 15) is 15.0 Å². The van der Waals surface area contributed by atoms with Crippen molar-refractivity contribution >= 4 is 11.8 Å². The number of hydrogen-bond acceptors (Lipinski definition) is 4. The van der Waals surface area contributed by atoms with Crippen LogP contribution in [-0.4, -0.2) is 39.1 Å². The number of aliphatic hydroxyl groups excluding tert-OH is 1. The van der Waals surface area contributed by atoms with E-state index in [1.807, 2.05) is 0 Å². The highest BCUT2D eigenvalue weighted by Gasteiger charge is 2.32. The second-order valence-electron chi connectivity index (χ2n) is 5.81. The van der Waals surface area contributed by atoms with Crippen LogP contribution in [0.25, 0.3) is 0 Å². The van der Waals surface area contributed by atoms with Crippen LogP contribution >= 0.6 is 0 Å². The van der Waals surface area contributed by atoms with E-state index in [4.69, 9.17) is 0 Å². The van der Waals surface area contributed by atoms with Crippen molar-refractivity contribution in [3.63, 3.8) is 0 Å². The largest absolute Gasteiger partial charge is 0.477 e. The first-order valence-corrected chi connectivity index (χ1v) is 7.11. The van der Waals surface area contributed by atoms with Crippen LogP contribution in [0.3, 0.4) is 0 Å². The maximum absolute atomic E-state index is 11.3. The lowest BCUT2D eigenvalue weighted by molar-refractivity contribution is 0.0696. The molecule has 2 rings (SSSR count). The van der Waals surface area contributed by atoms with E-state index >= 15 is 0 Å². The Balaban J connectivity index is 2.16. The van der Waals surface area contributed by atoms with E-state index in [-0.39, 0.29) is 17.6 Å². The summed E-state index contributed by atoms with van der Waals surface area (Å²) in [4.78, 5) is 11.3. The topological polar surface area (TPSA) is 87.4 Å². The maximum Gasteiger partial charge on any atom is 0.341 e. The number of carboxylic acids is 1. The summed E-state index contributed by atoms with van der Waals surface area (Å²) < 4.78 is 1.56. The van der Waals surface area contributed by atoms with Crippen molar-refractivity contribution in [2.75, 3.05) is 18.5 Å². The Morgan fingerprint density at radius 1 is 1.40 bits per heavy atom. The van der Waals surface area contributed by atoms with Crippen molar-refractivity contribution in [1.29, 1.82) is 0 Å². The van der Waals surface area contributed by atoms with Crippen molar-refractivity contribution in [3.05, 3.63) is 11.3 Å². The van der Waals surface area contributed by atoms with Crippen molar-refractivity contribution in [2.24, 2.45) is 12.5 Å². The van der Waals surface area contributed by atoms with Gasteiger partial charge in [-0.3, -0.25) is 4.68 Å². The van der Waals surface area contributed by atoms with Gasteiger partial charge in [-0.05, 0) is 19.8 Å². The normalized spacial score (nSPS) is 17.9. The lowest BCUT2D eigenvalue weighted by Crippen LogP contribution is -2.36. The number of hydrogen-bond donors (Lipinski definition) is 3. The molecule has 1 aromatic rings. The van der Waals surface area contributed by atoms with Crippen LogP contribution in [0.5, 0.6) is 0 Å². The molecule has 0 amide bonds. The molecule has 0 spiro atoms. The molecule has 3 N–H and O–H groups in total. The van der Waals surface area contributed by atoms with E-state index < -0.39 is 5.97 Å². The van der Waals surface area contributed by atoms with Crippen LogP contribution in [0, 0.1) is 12.3 Å². The smallest absolute Gasteiger partial charge is 0.341 e. The number of nitrogens with one attached hydrogen (secondary N) is 1. The van der Waals surface area contributed by atoms with Gasteiger partial charge in [0.2, 0.25) is 0 Å². The molecule has 0 radical (unpaired) electrons. The number of carboxylic acid groups (broad SMARTS) is 1. The third-order valence-corrected chi connectivity index (χ3v) is 4.32. The summed E-state index contributed by atoms with van der Waals surface area (Å²) in [6, 6.07) is 0. The minimum Gasteiger partial charge on any atom is -0.477 e. The summed E-state index contributed by atoms with van der Waals surface area (Å²) in [6.07, 6.45) is 5.43. The monoisotopic (exact) mass is 281 g/mol. The van der Waals surface area contributed by atoms with Gasteiger partial charge in [-0.1, -0.05) is 19.3 Å². The Labute approximate surface area is 118 Å². The minimum atomic E-state index is -0.972. The first-order chi connectivity index (χ1) is 9.49. The molecule has 0 aliphatic heterocycles. The summed E-state index contributed by atoms with van der Waals surface area (Å²) in [5.74, 6) is -0.451. The predicted molar refractivity (Wildman–Crippen MR) is 76.0 cm³/mol. The van der Waals surface area contributed by atoms with Crippen LogP contribution in [0.4, 0.5) is 5.82 Å². The van der Waals surface area contributed by atoms with Gasteiger partial charge in [-0.15, -0.1) is 0 Å². The Morgan fingerprint density at radius 2 is 2.05 bits per heavy atom. The summed E-state index contributed by atoms with van der Waals surface area (Å²) >= 11 is 0. The number of anilines is 1. The molecule has 0 bridgehead atoms. The Kier molecular flexibility index (Phi) is 4.32. The van der Waals surface area contributed by atoms with Gasteiger partial charge >= 0.3 is 5.97 Å². The van der Waals surface area contributed by atoms with Crippen molar-refractivity contribution in [1.82, 2.24) is 9.78 Å². The molecular weight excluding hydrogens is 258 g/mol. The second kappa shape index (κ2) is 5.83. The molecule has 0 atom stereocenters. The fraction of sp³-hybridized carbons (Fsp3) is 0.714. The first-order valence-electron chi connectivity index (χ1n) is 7.11. The highest BCUT2D eigenvalue weighted by atomic mass is 16.4. The average Bonchev–Trinajstić information content (AvgIpc) is 2.72. The molecule has 0 aromatic carbocycles. The SMILES string of the molecule is Cc1nn(C)c(NCC2(CO)CCCCC2)c1C(=O)O. The third-order valence-electron chi connectivity index (χ3n) is 4.32. The number of aromatic nitrogens is 2. The highest BCUT2D eigenvalue weighted by molar-refractivity contribution is 5.94. The van der Waals surface area contributed by atoms with Gasteiger partial charge in [-0.25, -0.2) is 4.79 Å². The van der Waals surface area contributed by atoms with E-state index in [0.29, 0.717) is 18.1 Å². The molecule has 1 saturated carbocycles. The van der Waals surface area contributed by atoms with Crippen LogP contribution in [0.1, 0.15) is 48.2 Å². The van der Waals surface area contributed by atoms with Crippen molar-refractivity contribution in [2.45, 2.75) is 39.0 Å². The summed E-state index contributed by atoms with van der Waals surface area (Å²) in [7, 11) is 1.73. The quantitative estimate of drug-likeness (QED) is 0.765. The summed E-state index contributed by atoms with van der Waals surface area (Å²) in [5.41, 5.74) is 0.590.